The number of hydrogen-bond acceptors (Lipinski definition) is 5. The van der Waals surface area contributed by atoms with Gasteiger partial charge in [-0.3, -0.25) is 9.59 Å². The molecule has 8 nitrogen and oxygen atoms in total. The zero-order valence-corrected chi connectivity index (χ0v) is 19.1. The highest BCUT2D eigenvalue weighted by Crippen LogP contribution is 2.49. The molecular formula is C23H30ClN3O5. The van der Waals surface area contributed by atoms with E-state index in [9.17, 15) is 19.2 Å². The molecule has 2 fully saturated rings. The lowest BCUT2D eigenvalue weighted by atomic mass is 9.98. The van der Waals surface area contributed by atoms with Gasteiger partial charge in [0.25, 0.3) is 0 Å². The number of carbonyl (C=O) groups is 4. The van der Waals surface area contributed by atoms with Crippen molar-refractivity contribution < 1.29 is 23.9 Å². The summed E-state index contributed by atoms with van der Waals surface area (Å²) >= 11 is 6.07. The first kappa shape index (κ1) is 24.0. The van der Waals surface area contributed by atoms with Gasteiger partial charge in [-0.15, -0.1) is 0 Å². The van der Waals surface area contributed by atoms with Crippen LogP contribution in [0.5, 0.6) is 0 Å². The van der Waals surface area contributed by atoms with Gasteiger partial charge in [-0.05, 0) is 55.7 Å². The van der Waals surface area contributed by atoms with Crippen molar-refractivity contribution in [2.75, 3.05) is 6.54 Å². The van der Waals surface area contributed by atoms with Gasteiger partial charge in [0.15, 0.2) is 0 Å². The van der Waals surface area contributed by atoms with Crippen LogP contribution in [0.1, 0.15) is 51.5 Å². The zero-order chi connectivity index (χ0) is 23.3. The van der Waals surface area contributed by atoms with Gasteiger partial charge in [0.05, 0.1) is 6.04 Å². The van der Waals surface area contributed by atoms with E-state index in [2.05, 4.69) is 16.0 Å². The van der Waals surface area contributed by atoms with Crippen LogP contribution >= 0.6 is 11.6 Å². The molecule has 2 aliphatic rings. The Morgan fingerprint density at radius 3 is 2.62 bits per heavy atom. The second-order valence-corrected chi connectivity index (χ2v) is 9.42. The largest absolute Gasteiger partial charge is 0.438 e. The highest BCUT2D eigenvalue weighted by Gasteiger charge is 2.49. The third kappa shape index (κ3) is 6.22. The topological polar surface area (TPSA) is 114 Å². The first-order valence-corrected chi connectivity index (χ1v) is 11.4. The van der Waals surface area contributed by atoms with Crippen LogP contribution in [0.25, 0.3) is 0 Å². The summed E-state index contributed by atoms with van der Waals surface area (Å²) in [5.41, 5.74) is 0.0931. The van der Waals surface area contributed by atoms with E-state index in [4.69, 9.17) is 16.3 Å². The van der Waals surface area contributed by atoms with Gasteiger partial charge >= 0.3 is 6.09 Å². The molecule has 0 radical (unpaired) electrons. The van der Waals surface area contributed by atoms with Crippen molar-refractivity contribution in [3.05, 3.63) is 34.9 Å². The molecular weight excluding hydrogens is 434 g/mol. The van der Waals surface area contributed by atoms with Gasteiger partial charge < -0.3 is 25.5 Å². The lowest BCUT2D eigenvalue weighted by Crippen LogP contribution is -2.51. The molecule has 0 spiro atoms. The molecule has 0 bridgehead atoms. The molecule has 1 aliphatic heterocycles. The van der Waals surface area contributed by atoms with Gasteiger partial charge in [0.2, 0.25) is 11.8 Å². The molecule has 1 aliphatic carbocycles. The van der Waals surface area contributed by atoms with E-state index >= 15 is 0 Å². The number of ether oxygens (including phenoxy) is 1. The quantitative estimate of drug-likeness (QED) is 0.461. The number of carbonyl (C=O) groups excluding carboxylic acids is 4. The third-order valence-electron chi connectivity index (χ3n) is 5.85. The van der Waals surface area contributed by atoms with Crippen LogP contribution in [0.15, 0.2) is 24.3 Å². The number of hydrogen-bond donors (Lipinski definition) is 3. The molecule has 1 heterocycles. The monoisotopic (exact) mass is 463 g/mol. The number of amides is 3. The Kier molecular flexibility index (Phi) is 7.77. The summed E-state index contributed by atoms with van der Waals surface area (Å²) in [7, 11) is 0. The number of benzene rings is 1. The highest BCUT2D eigenvalue weighted by molar-refractivity contribution is 6.30. The van der Waals surface area contributed by atoms with Crippen LogP contribution in [-0.2, 0) is 24.7 Å². The maximum Gasteiger partial charge on any atom is 0.408 e. The average molecular weight is 464 g/mol. The van der Waals surface area contributed by atoms with Gasteiger partial charge in [-0.25, -0.2) is 4.79 Å². The Bertz CT molecular complexity index is 871. The summed E-state index contributed by atoms with van der Waals surface area (Å²) < 4.78 is 5.69. The molecule has 9 heteroatoms. The minimum absolute atomic E-state index is 0.109. The Balaban J connectivity index is 1.61. The smallest absolute Gasteiger partial charge is 0.408 e. The van der Waals surface area contributed by atoms with Crippen molar-refractivity contribution in [1.82, 2.24) is 16.0 Å². The Hall–Kier alpha value is -2.61. The molecule has 1 aromatic rings. The lowest BCUT2D eigenvalue weighted by Gasteiger charge is -2.24. The van der Waals surface area contributed by atoms with Crippen LogP contribution in [-0.4, -0.2) is 42.8 Å². The number of aldehydes is 1. The second kappa shape index (κ2) is 10.3. The molecule has 3 atom stereocenters. The van der Waals surface area contributed by atoms with Crippen molar-refractivity contribution in [3.63, 3.8) is 0 Å². The van der Waals surface area contributed by atoms with Crippen molar-refractivity contribution in [1.29, 1.82) is 0 Å². The van der Waals surface area contributed by atoms with E-state index < -0.39 is 29.7 Å². The third-order valence-corrected chi connectivity index (χ3v) is 6.09. The standard InChI is InChI=1S/C23H30ClN3O5/c1-14(2)10-19(21(30)26-18(13-28)11-15-6-9-25-20(15)29)27-22(31)32-23(7-8-23)16-4-3-5-17(24)12-16/h3-5,12-15,18-19H,6-11H2,1-2H3,(H,25,29)(H,26,30)(H,27,31)/t15-,18-,19-/m0/s1. The normalized spacial score (nSPS) is 20.8. The predicted octanol–water partition coefficient (Wildman–Crippen LogP) is 2.68. The Labute approximate surface area is 192 Å². The molecule has 3 rings (SSSR count). The molecule has 0 unspecified atom stereocenters. The first-order chi connectivity index (χ1) is 15.2. The zero-order valence-electron chi connectivity index (χ0n) is 18.4. The fourth-order valence-electron chi connectivity index (χ4n) is 4.00. The SMILES string of the molecule is CC(C)C[C@H](NC(=O)OC1(c2cccc(Cl)c2)CC1)C(=O)N[C@H](C=O)C[C@@H]1CCNC1=O. The maximum absolute atomic E-state index is 12.9. The van der Waals surface area contributed by atoms with Gasteiger partial charge in [-0.1, -0.05) is 37.6 Å². The summed E-state index contributed by atoms with van der Waals surface area (Å²) in [5.74, 6) is -0.774. The van der Waals surface area contributed by atoms with E-state index in [-0.39, 0.29) is 24.2 Å². The van der Waals surface area contributed by atoms with Crippen molar-refractivity contribution >= 4 is 35.8 Å². The fraction of sp³-hybridized carbons (Fsp3) is 0.565. The molecule has 3 amide bonds. The predicted molar refractivity (Wildman–Crippen MR) is 119 cm³/mol. The summed E-state index contributed by atoms with van der Waals surface area (Å²) in [5, 5.41) is 8.61. The molecule has 1 saturated heterocycles. The molecule has 1 aromatic carbocycles. The van der Waals surface area contributed by atoms with Crippen molar-refractivity contribution in [3.8, 4) is 0 Å². The van der Waals surface area contributed by atoms with Gasteiger partial charge in [0.1, 0.15) is 17.9 Å². The first-order valence-electron chi connectivity index (χ1n) is 11.0. The number of rotatable bonds is 10. The number of nitrogens with one attached hydrogen (secondary N) is 3. The van der Waals surface area contributed by atoms with E-state index in [0.717, 1.165) is 5.56 Å². The van der Waals surface area contributed by atoms with Crippen LogP contribution in [0, 0.1) is 11.8 Å². The summed E-state index contributed by atoms with van der Waals surface area (Å²) in [6, 6.07) is 5.52. The van der Waals surface area contributed by atoms with Crippen molar-refractivity contribution in [2.24, 2.45) is 11.8 Å². The average Bonchev–Trinajstić information content (AvgIpc) is 3.40. The van der Waals surface area contributed by atoms with Crippen molar-refractivity contribution in [2.45, 2.75) is 63.6 Å². The number of halogens is 1. The Morgan fingerprint density at radius 1 is 1.31 bits per heavy atom. The van der Waals surface area contributed by atoms with E-state index in [0.29, 0.717) is 43.5 Å². The van der Waals surface area contributed by atoms with E-state index in [1.807, 2.05) is 19.9 Å². The second-order valence-electron chi connectivity index (χ2n) is 8.98. The number of alkyl carbamates (subject to hydrolysis) is 1. The van der Waals surface area contributed by atoms with Crippen LogP contribution < -0.4 is 16.0 Å². The van der Waals surface area contributed by atoms with Crippen LogP contribution in [0.4, 0.5) is 4.79 Å². The van der Waals surface area contributed by atoms with E-state index in [1.165, 1.54) is 0 Å². The summed E-state index contributed by atoms with van der Waals surface area (Å²) in [4.78, 5) is 48.8. The molecule has 3 N–H and O–H groups in total. The molecule has 32 heavy (non-hydrogen) atoms. The van der Waals surface area contributed by atoms with Crippen LogP contribution in [0.3, 0.4) is 0 Å². The minimum atomic E-state index is -0.863. The highest BCUT2D eigenvalue weighted by atomic mass is 35.5. The summed E-state index contributed by atoms with van der Waals surface area (Å²) in [6.07, 6.45) is 2.54. The molecule has 174 valence electrons. The summed E-state index contributed by atoms with van der Waals surface area (Å²) in [6.45, 7) is 4.43. The van der Waals surface area contributed by atoms with Crippen LogP contribution in [0.2, 0.25) is 5.02 Å². The maximum atomic E-state index is 12.9. The minimum Gasteiger partial charge on any atom is -0.438 e. The van der Waals surface area contributed by atoms with Gasteiger partial charge in [0, 0.05) is 17.5 Å². The van der Waals surface area contributed by atoms with Gasteiger partial charge in [-0.2, -0.15) is 0 Å². The Morgan fingerprint density at radius 2 is 2.06 bits per heavy atom. The lowest BCUT2D eigenvalue weighted by molar-refractivity contribution is -0.127. The van der Waals surface area contributed by atoms with E-state index in [1.54, 1.807) is 18.2 Å². The fourth-order valence-corrected chi connectivity index (χ4v) is 4.19. The molecule has 0 aromatic heterocycles. The molecule has 1 saturated carbocycles.